The zero-order valence-corrected chi connectivity index (χ0v) is 18.4. The molecule has 2 atom stereocenters. The monoisotopic (exact) mass is 369 g/mol. The van der Waals surface area contributed by atoms with Crippen molar-refractivity contribution in [3.8, 4) is 0 Å². The number of hydrogen-bond acceptors (Lipinski definition) is 5. The third-order valence-electron chi connectivity index (χ3n) is 5.60. The third kappa shape index (κ3) is 3.40. The highest BCUT2D eigenvalue weighted by Gasteiger charge is 2.35. The average Bonchev–Trinajstić information content (AvgIpc) is 3.10. The molecule has 2 aliphatic rings. The van der Waals surface area contributed by atoms with Crippen molar-refractivity contribution in [1.29, 1.82) is 0 Å². The van der Waals surface area contributed by atoms with Gasteiger partial charge in [-0.3, -0.25) is 0 Å². The number of hydrazone groups is 1. The van der Waals surface area contributed by atoms with E-state index in [4.69, 9.17) is 5.10 Å². The van der Waals surface area contributed by atoms with Crippen LogP contribution in [-0.2, 0) is 0 Å². The van der Waals surface area contributed by atoms with Crippen LogP contribution in [0.5, 0.6) is 0 Å². The van der Waals surface area contributed by atoms with Crippen LogP contribution in [0.1, 0.15) is 61.0 Å². The molecule has 1 aromatic carbocycles. The van der Waals surface area contributed by atoms with Crippen molar-refractivity contribution in [2.24, 2.45) is 5.10 Å². The lowest BCUT2D eigenvalue weighted by molar-refractivity contribution is 0.171. The highest BCUT2D eigenvalue weighted by molar-refractivity contribution is 5.72. The van der Waals surface area contributed by atoms with Crippen molar-refractivity contribution in [3.63, 3.8) is 0 Å². The summed E-state index contributed by atoms with van der Waals surface area (Å²) in [5.74, 6) is 0. The van der Waals surface area contributed by atoms with Gasteiger partial charge in [0.2, 0.25) is 0 Å². The summed E-state index contributed by atoms with van der Waals surface area (Å²) in [6, 6.07) is 6.52. The minimum Gasteiger partial charge on any atom is -0.351 e. The van der Waals surface area contributed by atoms with Crippen molar-refractivity contribution < 1.29 is 0 Å². The normalized spacial score (nSPS) is 23.1. The van der Waals surface area contributed by atoms with Crippen LogP contribution >= 0.6 is 0 Å². The van der Waals surface area contributed by atoms with Crippen molar-refractivity contribution in [1.82, 2.24) is 9.80 Å². The molecule has 0 radical (unpaired) electrons. The molecule has 0 saturated heterocycles. The van der Waals surface area contributed by atoms with E-state index < -0.39 is 0 Å². The van der Waals surface area contributed by atoms with Gasteiger partial charge in [0, 0.05) is 29.2 Å². The summed E-state index contributed by atoms with van der Waals surface area (Å²) in [6.07, 6.45) is 6.84. The summed E-state index contributed by atoms with van der Waals surface area (Å²) in [5.41, 5.74) is 3.79. The molecule has 3 rings (SSSR count). The lowest BCUT2D eigenvalue weighted by atomic mass is 10.1. The van der Waals surface area contributed by atoms with Gasteiger partial charge in [-0.05, 0) is 80.0 Å². The molecule has 0 bridgehead atoms. The molecule has 2 aliphatic heterocycles. The van der Waals surface area contributed by atoms with Gasteiger partial charge in [-0.15, -0.1) is 0 Å². The fourth-order valence-electron chi connectivity index (χ4n) is 4.15. The summed E-state index contributed by atoms with van der Waals surface area (Å²) in [6.45, 7) is 20.1. The Kier molecular flexibility index (Phi) is 4.69. The van der Waals surface area contributed by atoms with E-state index in [0.29, 0.717) is 0 Å². The van der Waals surface area contributed by atoms with E-state index in [1.54, 1.807) is 0 Å². The van der Waals surface area contributed by atoms with Crippen molar-refractivity contribution in [2.75, 3.05) is 9.91 Å². The van der Waals surface area contributed by atoms with Gasteiger partial charge in [0.05, 0.1) is 5.69 Å². The lowest BCUT2D eigenvalue weighted by Gasteiger charge is -2.40. The first-order valence-corrected chi connectivity index (χ1v) is 9.89. The second-order valence-electron chi connectivity index (χ2n) is 9.62. The first-order chi connectivity index (χ1) is 12.4. The smallest absolute Gasteiger partial charge is 0.122 e. The van der Waals surface area contributed by atoms with Crippen molar-refractivity contribution in [3.05, 3.63) is 36.2 Å². The SMILES string of the molecule is Cc1c(N2C=CN(C(C)(C)C)[C@@H]2C)cccc1N1N=CN(C(C)(C)C)[C@H]1C. The van der Waals surface area contributed by atoms with Crippen LogP contribution in [-0.4, -0.2) is 39.5 Å². The van der Waals surface area contributed by atoms with Gasteiger partial charge >= 0.3 is 0 Å². The van der Waals surface area contributed by atoms with Crippen LogP contribution in [0.3, 0.4) is 0 Å². The van der Waals surface area contributed by atoms with Gasteiger partial charge in [-0.2, -0.15) is 5.10 Å². The molecule has 0 fully saturated rings. The molecule has 5 heteroatoms. The van der Waals surface area contributed by atoms with Gasteiger partial charge < -0.3 is 14.7 Å². The fourth-order valence-corrected chi connectivity index (χ4v) is 4.15. The Balaban J connectivity index is 1.91. The Morgan fingerprint density at radius 1 is 0.815 bits per heavy atom. The molecule has 148 valence electrons. The average molecular weight is 370 g/mol. The Morgan fingerprint density at radius 3 is 1.93 bits per heavy atom. The maximum atomic E-state index is 4.72. The topological polar surface area (TPSA) is 25.3 Å². The molecule has 0 spiro atoms. The van der Waals surface area contributed by atoms with Crippen LogP contribution in [0.25, 0.3) is 0 Å². The van der Waals surface area contributed by atoms with Gasteiger partial charge in [-0.1, -0.05) is 6.07 Å². The zero-order chi connectivity index (χ0) is 20.1. The molecule has 0 N–H and O–H groups in total. The van der Waals surface area contributed by atoms with E-state index in [-0.39, 0.29) is 23.4 Å². The van der Waals surface area contributed by atoms with Crippen LogP contribution in [0.15, 0.2) is 35.7 Å². The molecular weight excluding hydrogens is 334 g/mol. The van der Waals surface area contributed by atoms with E-state index in [1.807, 2.05) is 6.34 Å². The number of rotatable bonds is 2. The highest BCUT2D eigenvalue weighted by Crippen LogP contribution is 2.37. The van der Waals surface area contributed by atoms with Crippen LogP contribution in [0.2, 0.25) is 0 Å². The summed E-state index contributed by atoms with van der Waals surface area (Å²) in [4.78, 5) is 7.06. The number of benzene rings is 1. The Labute approximate surface area is 164 Å². The Hall–Kier alpha value is -2.17. The zero-order valence-electron chi connectivity index (χ0n) is 18.4. The molecular formula is C22H35N5. The number of hydrogen-bond donors (Lipinski definition) is 0. The summed E-state index contributed by atoms with van der Waals surface area (Å²) < 4.78 is 0. The van der Waals surface area contributed by atoms with E-state index in [1.165, 1.54) is 11.3 Å². The minimum absolute atomic E-state index is 0.0442. The van der Waals surface area contributed by atoms with Crippen molar-refractivity contribution in [2.45, 2.75) is 85.7 Å². The van der Waals surface area contributed by atoms with Gasteiger partial charge in [0.1, 0.15) is 18.7 Å². The van der Waals surface area contributed by atoms with E-state index in [9.17, 15) is 0 Å². The second-order valence-corrected chi connectivity index (χ2v) is 9.62. The second kappa shape index (κ2) is 6.47. The maximum absolute atomic E-state index is 4.72. The van der Waals surface area contributed by atoms with E-state index in [0.717, 1.165) is 5.69 Å². The van der Waals surface area contributed by atoms with Gasteiger partial charge in [0.25, 0.3) is 0 Å². The Bertz CT molecular complexity index is 693. The number of anilines is 2. The standard InChI is InChI=1S/C22H35N5/c1-16-19(24-13-14-25(17(24)2)21(4,5)6)11-10-12-20(16)27-18(3)26(15-23-27)22(7,8)9/h10-15,17-18H,1-9H3/t17-,18-/m1/s1. The summed E-state index contributed by atoms with van der Waals surface area (Å²) in [5, 5.41) is 6.86. The predicted molar refractivity (Wildman–Crippen MR) is 116 cm³/mol. The quantitative estimate of drug-likeness (QED) is 0.737. The van der Waals surface area contributed by atoms with Gasteiger partial charge in [-0.25, -0.2) is 5.01 Å². The molecule has 27 heavy (non-hydrogen) atoms. The van der Waals surface area contributed by atoms with Crippen LogP contribution in [0.4, 0.5) is 11.4 Å². The predicted octanol–water partition coefficient (Wildman–Crippen LogP) is 4.94. The molecule has 2 heterocycles. The first-order valence-electron chi connectivity index (χ1n) is 9.89. The molecule has 0 aromatic heterocycles. The molecule has 1 aromatic rings. The first kappa shape index (κ1) is 19.6. The Morgan fingerprint density at radius 2 is 1.41 bits per heavy atom. The summed E-state index contributed by atoms with van der Waals surface area (Å²) >= 11 is 0. The largest absolute Gasteiger partial charge is 0.351 e. The number of nitrogens with zero attached hydrogens (tertiary/aromatic N) is 5. The fraction of sp³-hybridized carbons (Fsp3) is 0.591. The molecule has 0 aliphatic carbocycles. The summed E-state index contributed by atoms with van der Waals surface area (Å²) in [7, 11) is 0. The molecule has 0 amide bonds. The molecule has 5 nitrogen and oxygen atoms in total. The van der Waals surface area contributed by atoms with Crippen LogP contribution in [0, 0.1) is 6.92 Å². The minimum atomic E-state index is 0.0442. The maximum Gasteiger partial charge on any atom is 0.122 e. The highest BCUT2D eigenvalue weighted by atomic mass is 15.6. The third-order valence-corrected chi connectivity index (χ3v) is 5.60. The van der Waals surface area contributed by atoms with Crippen molar-refractivity contribution >= 4 is 17.7 Å². The van der Waals surface area contributed by atoms with Gasteiger partial charge in [0.15, 0.2) is 0 Å². The molecule has 0 unspecified atom stereocenters. The molecule has 0 saturated carbocycles. The van der Waals surface area contributed by atoms with E-state index in [2.05, 4.69) is 113 Å². The van der Waals surface area contributed by atoms with E-state index >= 15 is 0 Å². The lowest BCUT2D eigenvalue weighted by Crippen LogP contribution is -2.48. The van der Waals surface area contributed by atoms with Crippen LogP contribution < -0.4 is 9.91 Å².